The first-order chi connectivity index (χ1) is 7.31. The van der Waals surface area contributed by atoms with E-state index in [1.54, 1.807) is 0 Å². The van der Waals surface area contributed by atoms with E-state index in [0.29, 0.717) is 13.2 Å². The molecular weight excluding hydrogens is 210 g/mol. The second-order valence-corrected chi connectivity index (χ2v) is 4.71. The second kappa shape index (κ2) is 4.84. The van der Waals surface area contributed by atoms with Crippen molar-refractivity contribution in [3.63, 3.8) is 0 Å². The van der Waals surface area contributed by atoms with E-state index in [4.69, 9.17) is 9.47 Å². The summed E-state index contributed by atoms with van der Waals surface area (Å²) >= 11 is 0. The minimum Gasteiger partial charge on any atom is -0.490 e. The van der Waals surface area contributed by atoms with Crippen molar-refractivity contribution < 1.29 is 19.4 Å². The van der Waals surface area contributed by atoms with Gasteiger partial charge in [-0.3, -0.25) is 4.79 Å². The van der Waals surface area contributed by atoms with Crippen LogP contribution in [0.15, 0.2) is 12.3 Å². The number of aliphatic hydroxyl groups excluding tert-OH is 1. The van der Waals surface area contributed by atoms with Crippen molar-refractivity contribution in [2.24, 2.45) is 0 Å². The highest BCUT2D eigenvalue weighted by molar-refractivity contribution is 5.82. The lowest BCUT2D eigenvalue weighted by Crippen LogP contribution is -2.51. The maximum Gasteiger partial charge on any atom is 0.252 e. The molecule has 0 bridgehead atoms. The average molecular weight is 229 g/mol. The van der Waals surface area contributed by atoms with Crippen LogP contribution in [0.1, 0.15) is 20.8 Å². The Hall–Kier alpha value is -1.07. The van der Waals surface area contributed by atoms with E-state index >= 15 is 0 Å². The van der Waals surface area contributed by atoms with Crippen LogP contribution in [0, 0.1) is 0 Å². The third-order valence-electron chi connectivity index (χ3n) is 2.01. The van der Waals surface area contributed by atoms with Crippen molar-refractivity contribution in [3.05, 3.63) is 12.3 Å². The number of aliphatic hydroxyl groups is 1. The van der Waals surface area contributed by atoms with Crippen LogP contribution >= 0.6 is 0 Å². The molecular formula is C11H19NO4. The van der Waals surface area contributed by atoms with Gasteiger partial charge in [0.1, 0.15) is 17.5 Å². The van der Waals surface area contributed by atoms with Gasteiger partial charge in [0.05, 0.1) is 6.61 Å². The van der Waals surface area contributed by atoms with Gasteiger partial charge in [-0.05, 0) is 20.8 Å². The van der Waals surface area contributed by atoms with Crippen molar-refractivity contribution in [2.75, 3.05) is 13.2 Å². The van der Waals surface area contributed by atoms with Gasteiger partial charge in [0.2, 0.25) is 0 Å². The Balaban J connectivity index is 2.59. The molecule has 92 valence electrons. The molecule has 0 aromatic rings. The third kappa shape index (κ3) is 3.50. The molecule has 1 saturated heterocycles. The molecule has 1 fully saturated rings. The number of rotatable bonds is 3. The third-order valence-corrected chi connectivity index (χ3v) is 2.01. The number of carbonyl (C=O) groups is 1. The molecule has 1 aliphatic rings. The smallest absolute Gasteiger partial charge is 0.252 e. The molecule has 2 unspecified atom stereocenters. The van der Waals surface area contributed by atoms with E-state index in [-0.39, 0.29) is 11.7 Å². The largest absolute Gasteiger partial charge is 0.490 e. The number of nitrogens with one attached hydrogen (secondary N) is 1. The molecule has 1 heterocycles. The van der Waals surface area contributed by atoms with Crippen molar-refractivity contribution in [1.29, 1.82) is 0 Å². The fourth-order valence-electron chi connectivity index (χ4n) is 1.39. The summed E-state index contributed by atoms with van der Waals surface area (Å²) in [6.07, 6.45) is -2.07. The van der Waals surface area contributed by atoms with Gasteiger partial charge in [-0.2, -0.15) is 0 Å². The van der Waals surface area contributed by atoms with E-state index in [1.807, 2.05) is 20.8 Å². The molecule has 1 rings (SSSR count). The first kappa shape index (κ1) is 13.0. The van der Waals surface area contributed by atoms with Crippen LogP contribution < -0.4 is 5.32 Å². The summed E-state index contributed by atoms with van der Waals surface area (Å²) in [5.41, 5.74) is -0.455. The minimum absolute atomic E-state index is 0.148. The van der Waals surface area contributed by atoms with E-state index in [9.17, 15) is 9.90 Å². The number of carbonyl (C=O) groups excluding carboxylic acids is 1. The van der Waals surface area contributed by atoms with Gasteiger partial charge in [-0.15, -0.1) is 0 Å². The Kier molecular flexibility index (Phi) is 3.93. The van der Waals surface area contributed by atoms with Gasteiger partial charge < -0.3 is 19.9 Å². The summed E-state index contributed by atoms with van der Waals surface area (Å²) in [6.45, 7) is 9.99. The maximum atomic E-state index is 11.4. The summed E-state index contributed by atoms with van der Waals surface area (Å²) in [7, 11) is 0. The Morgan fingerprint density at radius 2 is 2.31 bits per heavy atom. The van der Waals surface area contributed by atoms with Crippen molar-refractivity contribution in [1.82, 2.24) is 5.32 Å². The van der Waals surface area contributed by atoms with Crippen LogP contribution in [0.2, 0.25) is 0 Å². The van der Waals surface area contributed by atoms with Gasteiger partial charge in [0.25, 0.3) is 5.91 Å². The molecule has 2 atom stereocenters. The number of amides is 1. The predicted molar refractivity (Wildman–Crippen MR) is 58.7 cm³/mol. The molecule has 0 aromatic heterocycles. The van der Waals surface area contributed by atoms with Crippen LogP contribution in [-0.4, -0.2) is 42.0 Å². The van der Waals surface area contributed by atoms with Crippen LogP contribution in [0.25, 0.3) is 0 Å². The predicted octanol–water partition coefficient (Wildman–Crippen LogP) is 0.191. The standard InChI is InChI=1S/C11H19NO4/c1-7(16-11(2,3)4)8(13)9-10(14)12-5-6-15-9/h8-9,13H,1,5-6H2,2-4H3,(H,12,14). The van der Waals surface area contributed by atoms with E-state index in [1.165, 1.54) is 0 Å². The molecule has 1 amide bonds. The van der Waals surface area contributed by atoms with Crippen molar-refractivity contribution in [2.45, 2.75) is 38.6 Å². The quantitative estimate of drug-likeness (QED) is 0.678. The molecule has 0 spiro atoms. The van der Waals surface area contributed by atoms with Gasteiger partial charge in [-0.1, -0.05) is 6.58 Å². The SMILES string of the molecule is C=C(OC(C)(C)C)C(O)C1OCCNC1=O. The maximum absolute atomic E-state index is 11.4. The first-order valence-corrected chi connectivity index (χ1v) is 5.26. The zero-order chi connectivity index (χ0) is 12.3. The zero-order valence-corrected chi connectivity index (χ0v) is 9.95. The Morgan fingerprint density at radius 3 is 2.81 bits per heavy atom. The Labute approximate surface area is 95.4 Å². The van der Waals surface area contributed by atoms with Crippen LogP contribution in [0.4, 0.5) is 0 Å². The number of morpholine rings is 1. The number of hydrogen-bond donors (Lipinski definition) is 2. The van der Waals surface area contributed by atoms with E-state index in [2.05, 4.69) is 11.9 Å². The van der Waals surface area contributed by atoms with Crippen molar-refractivity contribution in [3.8, 4) is 0 Å². The summed E-state index contributed by atoms with van der Waals surface area (Å²) in [4.78, 5) is 11.4. The fourth-order valence-corrected chi connectivity index (χ4v) is 1.39. The zero-order valence-electron chi connectivity index (χ0n) is 9.95. The van der Waals surface area contributed by atoms with Crippen LogP contribution in [-0.2, 0) is 14.3 Å². The van der Waals surface area contributed by atoms with E-state index < -0.39 is 17.8 Å². The molecule has 0 aliphatic carbocycles. The lowest BCUT2D eigenvalue weighted by molar-refractivity contribution is -0.148. The molecule has 0 aromatic carbocycles. The molecule has 5 nitrogen and oxygen atoms in total. The monoisotopic (exact) mass is 229 g/mol. The average Bonchev–Trinajstić information content (AvgIpc) is 2.15. The summed E-state index contributed by atoms with van der Waals surface area (Å²) in [5, 5.41) is 12.5. The highest BCUT2D eigenvalue weighted by atomic mass is 16.5. The topological polar surface area (TPSA) is 67.8 Å². The lowest BCUT2D eigenvalue weighted by atomic mass is 10.1. The minimum atomic E-state index is -1.14. The molecule has 16 heavy (non-hydrogen) atoms. The summed E-state index contributed by atoms with van der Waals surface area (Å²) < 4.78 is 10.6. The van der Waals surface area contributed by atoms with Gasteiger partial charge in [0.15, 0.2) is 6.10 Å². The Morgan fingerprint density at radius 1 is 1.69 bits per heavy atom. The van der Waals surface area contributed by atoms with Crippen molar-refractivity contribution >= 4 is 5.91 Å². The van der Waals surface area contributed by atoms with Crippen LogP contribution in [0.5, 0.6) is 0 Å². The first-order valence-electron chi connectivity index (χ1n) is 5.26. The van der Waals surface area contributed by atoms with E-state index in [0.717, 1.165) is 0 Å². The van der Waals surface area contributed by atoms with Gasteiger partial charge >= 0.3 is 0 Å². The summed E-state index contributed by atoms with van der Waals surface area (Å²) in [5.74, 6) is -0.188. The number of ether oxygens (including phenoxy) is 2. The fraction of sp³-hybridized carbons (Fsp3) is 0.727. The summed E-state index contributed by atoms with van der Waals surface area (Å²) in [6, 6.07) is 0. The molecule has 2 N–H and O–H groups in total. The lowest BCUT2D eigenvalue weighted by Gasteiger charge is -2.30. The Bertz CT molecular complexity index is 282. The highest BCUT2D eigenvalue weighted by Gasteiger charge is 2.34. The molecule has 0 saturated carbocycles. The van der Waals surface area contributed by atoms with Gasteiger partial charge in [0, 0.05) is 6.54 Å². The highest BCUT2D eigenvalue weighted by Crippen LogP contribution is 2.18. The molecule has 0 radical (unpaired) electrons. The van der Waals surface area contributed by atoms with Gasteiger partial charge in [-0.25, -0.2) is 0 Å². The van der Waals surface area contributed by atoms with Crippen LogP contribution in [0.3, 0.4) is 0 Å². The molecule has 1 aliphatic heterocycles. The second-order valence-electron chi connectivity index (χ2n) is 4.71. The number of hydrogen-bond acceptors (Lipinski definition) is 4. The normalized spacial score (nSPS) is 23.5. The molecule has 5 heteroatoms.